The number of nitrogens with zero attached hydrogens (tertiary/aromatic N) is 1. The molecule has 26 heavy (non-hydrogen) atoms. The molecule has 1 N–H and O–H groups in total. The van der Waals surface area contributed by atoms with E-state index in [-0.39, 0.29) is 18.7 Å². The quantitative estimate of drug-likeness (QED) is 0.784. The molecule has 0 aliphatic carbocycles. The number of halogens is 2. The highest BCUT2D eigenvalue weighted by Crippen LogP contribution is 2.14. The van der Waals surface area contributed by atoms with Gasteiger partial charge in [-0.05, 0) is 36.1 Å². The van der Waals surface area contributed by atoms with Gasteiger partial charge in [-0.15, -0.1) is 0 Å². The number of likely N-dealkylation sites (N-methyl/N-ethyl adjacent to an activating group) is 1. The van der Waals surface area contributed by atoms with Crippen LogP contribution in [0.1, 0.15) is 24.0 Å². The number of carbonyl (C=O) groups is 2. The van der Waals surface area contributed by atoms with E-state index in [1.807, 2.05) is 30.3 Å². The summed E-state index contributed by atoms with van der Waals surface area (Å²) >= 11 is 0. The van der Waals surface area contributed by atoms with Gasteiger partial charge < -0.3 is 10.0 Å². The Labute approximate surface area is 151 Å². The normalized spacial score (nSPS) is 11.8. The van der Waals surface area contributed by atoms with Gasteiger partial charge in [-0.2, -0.15) is 0 Å². The van der Waals surface area contributed by atoms with Crippen molar-refractivity contribution in [2.45, 2.75) is 31.7 Å². The lowest BCUT2D eigenvalue weighted by atomic mass is 10.0. The first-order valence-corrected chi connectivity index (χ1v) is 8.35. The molecule has 0 bridgehead atoms. The first-order valence-electron chi connectivity index (χ1n) is 8.35. The molecule has 0 saturated heterocycles. The molecule has 1 unspecified atom stereocenters. The molecule has 0 aromatic heterocycles. The maximum atomic E-state index is 13.2. The lowest BCUT2D eigenvalue weighted by molar-refractivity contribution is -0.149. The van der Waals surface area contributed by atoms with Gasteiger partial charge in [0.2, 0.25) is 5.91 Å². The van der Waals surface area contributed by atoms with Crippen molar-refractivity contribution in [1.82, 2.24) is 4.90 Å². The van der Waals surface area contributed by atoms with Crippen LogP contribution in [0.25, 0.3) is 0 Å². The van der Waals surface area contributed by atoms with E-state index in [1.165, 1.54) is 18.0 Å². The van der Waals surface area contributed by atoms with Crippen molar-refractivity contribution in [3.05, 3.63) is 71.3 Å². The molecule has 0 spiro atoms. The Balaban J connectivity index is 1.91. The van der Waals surface area contributed by atoms with Crippen molar-refractivity contribution in [3.63, 3.8) is 0 Å². The number of aryl methyl sites for hydroxylation is 1. The second kappa shape index (κ2) is 9.08. The molecule has 6 heteroatoms. The van der Waals surface area contributed by atoms with Gasteiger partial charge in [0.1, 0.15) is 6.04 Å². The average Bonchev–Trinajstić information content (AvgIpc) is 2.62. The van der Waals surface area contributed by atoms with Crippen LogP contribution in [0.2, 0.25) is 0 Å². The summed E-state index contributed by atoms with van der Waals surface area (Å²) in [6.07, 6.45) is 1.19. The fourth-order valence-electron chi connectivity index (χ4n) is 2.72. The monoisotopic (exact) mass is 361 g/mol. The van der Waals surface area contributed by atoms with Gasteiger partial charge >= 0.3 is 5.97 Å². The molecule has 2 aromatic rings. The smallest absolute Gasteiger partial charge is 0.326 e. The maximum Gasteiger partial charge on any atom is 0.326 e. The lowest BCUT2D eigenvalue weighted by Gasteiger charge is -2.25. The Hall–Kier alpha value is -2.76. The number of rotatable bonds is 8. The summed E-state index contributed by atoms with van der Waals surface area (Å²) in [7, 11) is 1.47. The van der Waals surface area contributed by atoms with Crippen LogP contribution in [0, 0.1) is 11.6 Å². The molecule has 0 aliphatic heterocycles. The van der Waals surface area contributed by atoms with E-state index in [9.17, 15) is 23.5 Å². The van der Waals surface area contributed by atoms with E-state index in [1.54, 1.807) is 0 Å². The third-order valence-corrected chi connectivity index (χ3v) is 4.26. The summed E-state index contributed by atoms with van der Waals surface area (Å²) < 4.78 is 26.1. The molecular formula is C20H21F2NO3. The van der Waals surface area contributed by atoms with Gasteiger partial charge in [-0.1, -0.05) is 36.4 Å². The molecule has 4 nitrogen and oxygen atoms in total. The van der Waals surface area contributed by atoms with Crippen molar-refractivity contribution in [2.24, 2.45) is 0 Å². The predicted molar refractivity (Wildman–Crippen MR) is 93.6 cm³/mol. The highest BCUT2D eigenvalue weighted by Gasteiger charge is 2.26. The first kappa shape index (κ1) is 19.6. The zero-order chi connectivity index (χ0) is 19.1. The average molecular weight is 361 g/mol. The highest BCUT2D eigenvalue weighted by molar-refractivity contribution is 5.83. The molecule has 1 amide bonds. The third-order valence-electron chi connectivity index (χ3n) is 4.26. The fraction of sp³-hybridized carbons (Fsp3) is 0.300. The second-order valence-electron chi connectivity index (χ2n) is 6.15. The number of carboxylic acid groups (broad SMARTS) is 1. The first-order chi connectivity index (χ1) is 12.4. The zero-order valence-electron chi connectivity index (χ0n) is 14.5. The highest BCUT2D eigenvalue weighted by atomic mass is 19.2. The van der Waals surface area contributed by atoms with Gasteiger partial charge in [0.25, 0.3) is 0 Å². The minimum Gasteiger partial charge on any atom is -0.480 e. The van der Waals surface area contributed by atoms with E-state index in [0.717, 1.165) is 17.7 Å². The molecule has 1 atom stereocenters. The molecule has 2 aromatic carbocycles. The Morgan fingerprint density at radius 2 is 1.73 bits per heavy atom. The van der Waals surface area contributed by atoms with Gasteiger partial charge in [0.15, 0.2) is 11.6 Å². The Morgan fingerprint density at radius 1 is 1.04 bits per heavy atom. The summed E-state index contributed by atoms with van der Waals surface area (Å²) in [5.74, 6) is -3.18. The summed E-state index contributed by atoms with van der Waals surface area (Å²) in [6, 6.07) is 11.8. The van der Waals surface area contributed by atoms with E-state index < -0.39 is 23.6 Å². The summed E-state index contributed by atoms with van der Waals surface area (Å²) in [5.41, 5.74) is 1.43. The number of hydrogen-bond donors (Lipinski definition) is 1. The third kappa shape index (κ3) is 5.37. The van der Waals surface area contributed by atoms with Crippen molar-refractivity contribution >= 4 is 11.9 Å². The van der Waals surface area contributed by atoms with Crippen LogP contribution in [0.4, 0.5) is 8.78 Å². The van der Waals surface area contributed by atoms with Crippen LogP contribution in [-0.4, -0.2) is 35.0 Å². The Kier molecular flexibility index (Phi) is 6.83. The van der Waals surface area contributed by atoms with Crippen molar-refractivity contribution < 1.29 is 23.5 Å². The standard InChI is InChI=1S/C20H21F2NO3/c1-23(18(20(25)26)13-14-6-3-2-4-7-14)19(24)9-5-8-15-10-11-16(21)17(22)12-15/h2-4,6-7,10-12,18H,5,8-9,13H2,1H3,(H,25,26). The molecule has 0 heterocycles. The number of benzene rings is 2. The van der Waals surface area contributed by atoms with Gasteiger partial charge in [-0.25, -0.2) is 13.6 Å². The van der Waals surface area contributed by atoms with E-state index in [2.05, 4.69) is 0 Å². The van der Waals surface area contributed by atoms with Gasteiger partial charge in [-0.3, -0.25) is 4.79 Å². The largest absolute Gasteiger partial charge is 0.480 e. The summed E-state index contributed by atoms with van der Waals surface area (Å²) in [5, 5.41) is 9.44. The Bertz CT molecular complexity index is 765. The number of carbonyl (C=O) groups excluding carboxylic acids is 1. The zero-order valence-corrected chi connectivity index (χ0v) is 14.5. The van der Waals surface area contributed by atoms with Crippen LogP contribution in [0.3, 0.4) is 0 Å². The van der Waals surface area contributed by atoms with E-state index in [0.29, 0.717) is 18.4 Å². The van der Waals surface area contributed by atoms with E-state index >= 15 is 0 Å². The minimum absolute atomic E-state index is 0.133. The summed E-state index contributed by atoms with van der Waals surface area (Å²) in [4.78, 5) is 25.1. The lowest BCUT2D eigenvalue weighted by Crippen LogP contribution is -2.43. The van der Waals surface area contributed by atoms with E-state index in [4.69, 9.17) is 0 Å². The number of aliphatic carboxylic acids is 1. The fourth-order valence-corrected chi connectivity index (χ4v) is 2.72. The summed E-state index contributed by atoms with van der Waals surface area (Å²) in [6.45, 7) is 0. The minimum atomic E-state index is -1.06. The van der Waals surface area contributed by atoms with Crippen LogP contribution in [-0.2, 0) is 22.4 Å². The second-order valence-corrected chi connectivity index (χ2v) is 6.15. The van der Waals surface area contributed by atoms with Gasteiger partial charge in [0, 0.05) is 19.9 Å². The molecule has 138 valence electrons. The molecule has 0 radical (unpaired) electrons. The number of amides is 1. The van der Waals surface area contributed by atoms with Crippen molar-refractivity contribution in [2.75, 3.05) is 7.05 Å². The van der Waals surface area contributed by atoms with Crippen LogP contribution in [0.15, 0.2) is 48.5 Å². The van der Waals surface area contributed by atoms with Gasteiger partial charge in [0.05, 0.1) is 0 Å². The topological polar surface area (TPSA) is 57.6 Å². The number of hydrogen-bond acceptors (Lipinski definition) is 2. The van der Waals surface area contributed by atoms with Crippen LogP contribution in [0.5, 0.6) is 0 Å². The van der Waals surface area contributed by atoms with Crippen molar-refractivity contribution in [1.29, 1.82) is 0 Å². The maximum absolute atomic E-state index is 13.2. The molecule has 2 rings (SSSR count). The molecule has 0 saturated carbocycles. The van der Waals surface area contributed by atoms with Crippen LogP contribution < -0.4 is 0 Å². The van der Waals surface area contributed by atoms with Crippen molar-refractivity contribution in [3.8, 4) is 0 Å². The SMILES string of the molecule is CN(C(=O)CCCc1ccc(F)c(F)c1)C(Cc1ccccc1)C(=O)O. The predicted octanol–water partition coefficient (Wildman–Crippen LogP) is 3.44. The molecule has 0 fully saturated rings. The Morgan fingerprint density at radius 3 is 2.35 bits per heavy atom. The molecule has 0 aliphatic rings. The number of carboxylic acids is 1. The molecular weight excluding hydrogens is 340 g/mol. The van der Waals surface area contributed by atoms with Crippen LogP contribution >= 0.6 is 0 Å².